The van der Waals surface area contributed by atoms with Crippen LogP contribution < -0.4 is 5.32 Å². The first kappa shape index (κ1) is 13.4. The predicted molar refractivity (Wildman–Crippen MR) is 77.7 cm³/mol. The molecule has 2 aliphatic rings. The molecule has 1 N–H and O–H groups in total. The van der Waals surface area contributed by atoms with Gasteiger partial charge < -0.3 is 15.0 Å². The summed E-state index contributed by atoms with van der Waals surface area (Å²) in [6, 6.07) is 7.53. The molecule has 1 aliphatic carbocycles. The van der Waals surface area contributed by atoms with Gasteiger partial charge in [0.2, 0.25) is 5.91 Å². The summed E-state index contributed by atoms with van der Waals surface area (Å²) in [6.45, 7) is 1.62. The smallest absolute Gasteiger partial charge is 0.410 e. The Bertz CT molecular complexity index is 540. The second-order valence-corrected chi connectivity index (χ2v) is 6.67. The summed E-state index contributed by atoms with van der Waals surface area (Å²) in [7, 11) is 0. The van der Waals surface area contributed by atoms with Gasteiger partial charge in [0.25, 0.3) is 0 Å². The van der Waals surface area contributed by atoms with E-state index >= 15 is 0 Å². The van der Waals surface area contributed by atoms with Gasteiger partial charge in [0.15, 0.2) is 0 Å². The fourth-order valence-corrected chi connectivity index (χ4v) is 2.36. The first-order chi connectivity index (χ1) is 9.57. The van der Waals surface area contributed by atoms with Gasteiger partial charge in [-0.1, -0.05) is 28.1 Å². The molecule has 1 saturated heterocycles. The van der Waals surface area contributed by atoms with E-state index < -0.39 is 0 Å². The number of nitrogens with one attached hydrogen (secondary N) is 1. The van der Waals surface area contributed by atoms with Crippen molar-refractivity contribution in [2.45, 2.75) is 23.7 Å². The fraction of sp³-hybridized carbons (Fsp3) is 0.429. The molecule has 0 atom stereocenters. The molecule has 0 bridgehead atoms. The normalized spacial score (nSPS) is 19.6. The molecular weight excluding hydrogens is 324 g/mol. The van der Waals surface area contributed by atoms with Crippen LogP contribution in [0.3, 0.4) is 0 Å². The zero-order valence-corrected chi connectivity index (χ0v) is 12.5. The summed E-state index contributed by atoms with van der Waals surface area (Å²) in [6.07, 6.45) is 1.50. The first-order valence-corrected chi connectivity index (χ1v) is 7.37. The number of hydrogen-bond acceptors (Lipinski definition) is 3. The van der Waals surface area contributed by atoms with Crippen LogP contribution in [0.25, 0.3) is 0 Å². The molecule has 0 aromatic heterocycles. The van der Waals surface area contributed by atoms with Crippen LogP contribution in [0, 0.1) is 0 Å². The molecule has 3 rings (SSSR count). The Balaban J connectivity index is 1.59. The van der Waals surface area contributed by atoms with Crippen molar-refractivity contribution in [2.24, 2.45) is 0 Å². The maximum Gasteiger partial charge on any atom is 0.410 e. The van der Waals surface area contributed by atoms with Crippen LogP contribution in [0.5, 0.6) is 0 Å². The molecule has 5 nitrogen and oxygen atoms in total. The number of amides is 2. The van der Waals surface area contributed by atoms with Crippen molar-refractivity contribution in [1.29, 1.82) is 0 Å². The number of carbonyl (C=O) groups is 2. The number of halogens is 1. The van der Waals surface area contributed by atoms with Gasteiger partial charge >= 0.3 is 6.09 Å². The topological polar surface area (TPSA) is 58.6 Å². The SMILES string of the molecule is O=C1OCCN1Cc1ccc(NC(=O)C2(Br)CC2)cc1. The molecule has 1 aromatic carbocycles. The van der Waals surface area contributed by atoms with Crippen molar-refractivity contribution >= 4 is 33.6 Å². The minimum atomic E-state index is -0.356. The van der Waals surface area contributed by atoms with E-state index in [1.54, 1.807) is 4.90 Å². The maximum absolute atomic E-state index is 11.9. The van der Waals surface area contributed by atoms with E-state index in [2.05, 4.69) is 21.2 Å². The molecule has 6 heteroatoms. The van der Waals surface area contributed by atoms with Crippen molar-refractivity contribution in [3.8, 4) is 0 Å². The molecule has 1 aliphatic heterocycles. The summed E-state index contributed by atoms with van der Waals surface area (Å²) in [4.78, 5) is 24.9. The summed E-state index contributed by atoms with van der Waals surface area (Å²) in [5.41, 5.74) is 1.79. The lowest BCUT2D eigenvalue weighted by Crippen LogP contribution is -2.24. The number of hydrogen-bond donors (Lipinski definition) is 1. The van der Waals surface area contributed by atoms with Gasteiger partial charge in [-0.25, -0.2) is 4.79 Å². The highest BCUT2D eigenvalue weighted by molar-refractivity contribution is 9.10. The predicted octanol–water partition coefficient (Wildman–Crippen LogP) is 2.50. The molecule has 106 valence electrons. The number of alkyl halides is 1. The lowest BCUT2D eigenvalue weighted by molar-refractivity contribution is -0.116. The number of anilines is 1. The molecule has 0 spiro atoms. The molecule has 1 saturated carbocycles. The van der Waals surface area contributed by atoms with Gasteiger partial charge in [-0.15, -0.1) is 0 Å². The van der Waals surface area contributed by atoms with Gasteiger partial charge in [-0.2, -0.15) is 0 Å². The van der Waals surface area contributed by atoms with Crippen LogP contribution in [0.4, 0.5) is 10.5 Å². The molecule has 0 radical (unpaired) electrons. The quantitative estimate of drug-likeness (QED) is 0.858. The summed E-state index contributed by atoms with van der Waals surface area (Å²) < 4.78 is 4.53. The van der Waals surface area contributed by atoms with E-state index in [0.29, 0.717) is 19.7 Å². The van der Waals surface area contributed by atoms with E-state index in [-0.39, 0.29) is 16.3 Å². The average Bonchev–Trinajstić information content (AvgIpc) is 3.07. The van der Waals surface area contributed by atoms with E-state index in [1.807, 2.05) is 24.3 Å². The maximum atomic E-state index is 11.9. The number of rotatable bonds is 4. The van der Waals surface area contributed by atoms with Gasteiger partial charge in [0, 0.05) is 12.2 Å². The Morgan fingerprint density at radius 3 is 2.60 bits per heavy atom. The van der Waals surface area contributed by atoms with Crippen LogP contribution in [0.15, 0.2) is 24.3 Å². The number of carbonyl (C=O) groups excluding carboxylic acids is 2. The van der Waals surface area contributed by atoms with E-state index in [0.717, 1.165) is 24.1 Å². The Hall–Kier alpha value is -1.56. The Kier molecular flexibility index (Phi) is 3.41. The summed E-state index contributed by atoms with van der Waals surface area (Å²) in [5.74, 6) is 0.00775. The highest BCUT2D eigenvalue weighted by atomic mass is 79.9. The van der Waals surface area contributed by atoms with Crippen LogP contribution in [0.2, 0.25) is 0 Å². The third-order valence-electron chi connectivity index (χ3n) is 3.53. The standard InChI is InChI=1S/C14H15BrN2O3/c15-14(5-6-14)12(18)16-11-3-1-10(2-4-11)9-17-7-8-20-13(17)19/h1-4H,5-9H2,(H,16,18). The minimum absolute atomic E-state index is 0.00775. The number of benzene rings is 1. The third kappa shape index (κ3) is 2.80. The fourth-order valence-electron chi connectivity index (χ4n) is 2.06. The van der Waals surface area contributed by atoms with E-state index in [1.165, 1.54) is 0 Å². The second kappa shape index (κ2) is 5.09. The minimum Gasteiger partial charge on any atom is -0.448 e. The van der Waals surface area contributed by atoms with Gasteiger partial charge in [-0.3, -0.25) is 4.79 Å². The number of cyclic esters (lactones) is 1. The van der Waals surface area contributed by atoms with Crippen molar-refractivity contribution in [3.63, 3.8) is 0 Å². The van der Waals surface area contributed by atoms with Crippen LogP contribution in [0.1, 0.15) is 18.4 Å². The van der Waals surface area contributed by atoms with Crippen LogP contribution in [-0.2, 0) is 16.1 Å². The Morgan fingerprint density at radius 1 is 1.35 bits per heavy atom. The molecule has 0 unspecified atom stereocenters. The number of nitrogens with zero attached hydrogens (tertiary/aromatic N) is 1. The molecule has 1 aromatic rings. The van der Waals surface area contributed by atoms with Gasteiger partial charge in [0.05, 0.1) is 6.54 Å². The second-order valence-electron chi connectivity index (χ2n) is 5.15. The number of ether oxygens (including phenoxy) is 1. The summed E-state index contributed by atoms with van der Waals surface area (Å²) >= 11 is 3.42. The van der Waals surface area contributed by atoms with E-state index in [4.69, 9.17) is 4.74 Å². The lowest BCUT2D eigenvalue weighted by Gasteiger charge is -2.13. The largest absolute Gasteiger partial charge is 0.448 e. The van der Waals surface area contributed by atoms with Crippen molar-refractivity contribution in [3.05, 3.63) is 29.8 Å². The lowest BCUT2D eigenvalue weighted by atomic mass is 10.2. The monoisotopic (exact) mass is 338 g/mol. The van der Waals surface area contributed by atoms with Crippen LogP contribution >= 0.6 is 15.9 Å². The Labute approximate surface area is 125 Å². The highest BCUT2D eigenvalue weighted by Crippen LogP contribution is 2.45. The van der Waals surface area contributed by atoms with Crippen molar-refractivity contribution in [1.82, 2.24) is 4.90 Å². The van der Waals surface area contributed by atoms with Crippen molar-refractivity contribution < 1.29 is 14.3 Å². The van der Waals surface area contributed by atoms with Gasteiger partial charge in [-0.05, 0) is 30.5 Å². The molecule has 1 heterocycles. The highest BCUT2D eigenvalue weighted by Gasteiger charge is 2.47. The zero-order valence-electron chi connectivity index (χ0n) is 10.9. The van der Waals surface area contributed by atoms with Crippen LogP contribution in [-0.4, -0.2) is 34.4 Å². The first-order valence-electron chi connectivity index (χ1n) is 6.58. The molecule has 20 heavy (non-hydrogen) atoms. The average molecular weight is 339 g/mol. The zero-order chi connectivity index (χ0) is 14.2. The van der Waals surface area contributed by atoms with E-state index in [9.17, 15) is 9.59 Å². The third-order valence-corrected chi connectivity index (χ3v) is 4.68. The summed E-state index contributed by atoms with van der Waals surface area (Å²) in [5, 5.41) is 2.88. The van der Waals surface area contributed by atoms with Gasteiger partial charge in [0.1, 0.15) is 10.9 Å². The molecule has 2 fully saturated rings. The molecular formula is C14H15BrN2O3. The Morgan fingerprint density at radius 2 is 2.05 bits per heavy atom. The van der Waals surface area contributed by atoms with Crippen molar-refractivity contribution in [2.75, 3.05) is 18.5 Å². The molecule has 2 amide bonds.